The Kier molecular flexibility index (Phi) is 6.46. The number of H-pyrrole nitrogens is 1. The third-order valence-electron chi connectivity index (χ3n) is 4.32. The van der Waals surface area contributed by atoms with Crippen molar-refractivity contribution in [1.82, 2.24) is 19.5 Å². The molecule has 18 heteroatoms. The lowest BCUT2D eigenvalue weighted by molar-refractivity contribution is -0.0487. The van der Waals surface area contributed by atoms with Gasteiger partial charge in [-0.25, -0.2) is 14.1 Å². The number of nitrogens with two attached hydrogens (primary N) is 1. The van der Waals surface area contributed by atoms with E-state index in [1.807, 2.05) is 0 Å². The average Bonchev–Trinajstić information content (AvgIpc) is 3.14. The van der Waals surface area contributed by atoms with Gasteiger partial charge in [0.15, 0.2) is 17.4 Å². The van der Waals surface area contributed by atoms with Crippen molar-refractivity contribution in [2.24, 2.45) is 5.92 Å². The van der Waals surface area contributed by atoms with E-state index in [-0.39, 0.29) is 30.1 Å². The highest BCUT2D eigenvalue weighted by molar-refractivity contribution is 7.60. The van der Waals surface area contributed by atoms with Crippen molar-refractivity contribution in [2.75, 3.05) is 18.9 Å². The quantitative estimate of drug-likeness (QED) is 0.209. The number of nitrogens with zero attached hydrogens (tertiary/aromatic N) is 3. The highest BCUT2D eigenvalue weighted by Crippen LogP contribution is 2.57. The van der Waals surface area contributed by atoms with Gasteiger partial charge in [0.2, 0.25) is 5.95 Å². The van der Waals surface area contributed by atoms with E-state index in [2.05, 4.69) is 23.8 Å². The fraction of sp³-hybridized carbons (Fsp3) is 0.583. The number of nitrogen functional groups attached to an aromatic ring is 1. The minimum Gasteiger partial charge on any atom is -0.396 e. The summed E-state index contributed by atoms with van der Waals surface area (Å²) in [5, 5.41) is 19.9. The van der Waals surface area contributed by atoms with Gasteiger partial charge in [-0.1, -0.05) is 0 Å². The van der Waals surface area contributed by atoms with Crippen molar-refractivity contribution < 1.29 is 47.6 Å². The molecule has 3 heterocycles. The van der Waals surface area contributed by atoms with Gasteiger partial charge in [-0.3, -0.25) is 18.9 Å². The van der Waals surface area contributed by atoms with Crippen LogP contribution in [0.1, 0.15) is 12.6 Å². The highest BCUT2D eigenvalue weighted by atomic mass is 31.3. The number of rotatable bonds is 8. The number of aromatic amines is 1. The number of imidazole rings is 1. The van der Waals surface area contributed by atoms with E-state index in [0.29, 0.717) is 0 Å². The monoisotopic (exact) mass is 471 g/mol. The molecule has 16 nitrogen and oxygen atoms in total. The molecule has 8 N–H and O–H groups in total. The third-order valence-corrected chi connectivity index (χ3v) is 6.47. The van der Waals surface area contributed by atoms with Gasteiger partial charge >= 0.3 is 15.6 Å². The molecule has 0 aliphatic carbocycles. The molecule has 2 aromatic rings. The summed E-state index contributed by atoms with van der Waals surface area (Å²) < 4.78 is 37.6. The molecule has 0 spiro atoms. The van der Waals surface area contributed by atoms with E-state index in [9.17, 15) is 29.0 Å². The molecule has 1 saturated heterocycles. The molecule has 2 aromatic heterocycles. The molecular weight excluding hydrogens is 452 g/mol. The summed E-state index contributed by atoms with van der Waals surface area (Å²) in [6, 6.07) is 0. The van der Waals surface area contributed by atoms with Gasteiger partial charge in [-0.2, -0.15) is 9.29 Å². The Labute approximate surface area is 167 Å². The molecule has 1 aliphatic rings. The summed E-state index contributed by atoms with van der Waals surface area (Å²) in [7, 11) is -10.5. The minimum absolute atomic E-state index is 0.00211. The smallest absolute Gasteiger partial charge is 0.396 e. The van der Waals surface area contributed by atoms with Gasteiger partial charge in [-0.05, 0) is 6.42 Å². The molecule has 1 fully saturated rings. The van der Waals surface area contributed by atoms with Crippen LogP contribution in [0.3, 0.4) is 0 Å². The fourth-order valence-corrected chi connectivity index (χ4v) is 4.74. The van der Waals surface area contributed by atoms with Crippen LogP contribution in [0.5, 0.6) is 0 Å². The Morgan fingerprint density at radius 1 is 1.33 bits per heavy atom. The molecule has 0 radical (unpaired) electrons. The maximum Gasteiger partial charge on any atom is 0.481 e. The summed E-state index contributed by atoms with van der Waals surface area (Å²) >= 11 is 0. The molecule has 3 rings (SSSR count). The van der Waals surface area contributed by atoms with Gasteiger partial charge in [-0.15, -0.1) is 0 Å². The van der Waals surface area contributed by atoms with Crippen LogP contribution >= 0.6 is 15.6 Å². The summed E-state index contributed by atoms with van der Waals surface area (Å²) in [5.41, 5.74) is 4.84. The topological polar surface area (TPSA) is 253 Å². The Morgan fingerprint density at radius 2 is 2.03 bits per heavy atom. The molecular formula is C12H19N5O11P2. The summed E-state index contributed by atoms with van der Waals surface area (Å²) in [6.45, 7) is -1.09. The largest absolute Gasteiger partial charge is 0.481 e. The maximum absolute atomic E-state index is 11.9. The van der Waals surface area contributed by atoms with Crippen molar-refractivity contribution in [1.29, 1.82) is 0 Å². The van der Waals surface area contributed by atoms with Crippen molar-refractivity contribution in [3.63, 3.8) is 0 Å². The standard InChI is InChI=1S/C12H19N5O11P2/c13-12-15-9-7(10(20)16-12)14-4-17(9)11-8(19)5(1-2-18)6(27-11)3-26-30(24,25)28-29(21,22)23/h4-6,8,11,18-19H,1-3H2,(H,24,25)(H2,21,22,23)(H3,13,15,16,20)/t5-,6-,8-,11-/m1/s1. The molecule has 30 heavy (non-hydrogen) atoms. The van der Waals surface area contributed by atoms with Crippen molar-refractivity contribution in [3.8, 4) is 0 Å². The lowest BCUT2D eigenvalue weighted by Crippen LogP contribution is -2.29. The van der Waals surface area contributed by atoms with Gasteiger partial charge in [0, 0.05) is 12.5 Å². The first kappa shape index (κ1) is 23.0. The van der Waals surface area contributed by atoms with Crippen LogP contribution < -0.4 is 11.3 Å². The summed E-state index contributed by atoms with van der Waals surface area (Å²) in [6.07, 6.45) is -2.42. The van der Waals surface area contributed by atoms with Crippen LogP contribution in [0.25, 0.3) is 11.2 Å². The molecule has 1 unspecified atom stereocenters. The molecule has 0 aromatic carbocycles. The number of fused-ring (bicyclic) bond motifs is 1. The predicted octanol–water partition coefficient (Wildman–Crippen LogP) is -1.82. The van der Waals surface area contributed by atoms with Gasteiger partial charge < -0.3 is 35.4 Å². The first-order valence-corrected chi connectivity index (χ1v) is 11.4. The first-order valence-electron chi connectivity index (χ1n) is 8.33. The molecule has 1 aliphatic heterocycles. The second-order valence-electron chi connectivity index (χ2n) is 6.34. The summed E-state index contributed by atoms with van der Waals surface area (Å²) in [4.78, 5) is 48.8. The average molecular weight is 471 g/mol. The number of hydrogen-bond acceptors (Lipinski definition) is 11. The zero-order chi connectivity index (χ0) is 22.3. The van der Waals surface area contributed by atoms with Crippen LogP contribution in [-0.4, -0.2) is 69.8 Å². The second-order valence-corrected chi connectivity index (χ2v) is 9.17. The zero-order valence-corrected chi connectivity index (χ0v) is 16.8. The number of hydrogen-bond donors (Lipinski definition) is 7. The number of aromatic nitrogens is 4. The molecule has 168 valence electrons. The van der Waals surface area contributed by atoms with Gasteiger partial charge in [0.05, 0.1) is 19.0 Å². The van der Waals surface area contributed by atoms with Crippen LogP contribution in [0.2, 0.25) is 0 Å². The van der Waals surface area contributed by atoms with E-state index in [0.717, 1.165) is 0 Å². The second kappa shape index (κ2) is 8.43. The van der Waals surface area contributed by atoms with E-state index >= 15 is 0 Å². The number of phosphoric ester groups is 1. The predicted molar refractivity (Wildman–Crippen MR) is 96.6 cm³/mol. The summed E-state index contributed by atoms with van der Waals surface area (Å²) in [5.74, 6) is -1.03. The fourth-order valence-electron chi connectivity index (χ4n) is 3.15. The van der Waals surface area contributed by atoms with Crippen LogP contribution in [0.15, 0.2) is 11.1 Å². The van der Waals surface area contributed by atoms with Crippen LogP contribution in [-0.2, 0) is 22.7 Å². The molecule has 0 bridgehead atoms. The van der Waals surface area contributed by atoms with Gasteiger partial charge in [0.25, 0.3) is 5.56 Å². The third kappa shape index (κ3) is 4.95. The van der Waals surface area contributed by atoms with E-state index in [1.165, 1.54) is 10.9 Å². The normalized spacial score (nSPS) is 26.8. The van der Waals surface area contributed by atoms with Crippen molar-refractivity contribution in [2.45, 2.75) is 24.9 Å². The number of phosphoric acid groups is 2. The number of anilines is 1. The van der Waals surface area contributed by atoms with E-state index in [1.54, 1.807) is 0 Å². The van der Waals surface area contributed by atoms with E-state index in [4.69, 9.17) is 20.3 Å². The highest BCUT2D eigenvalue weighted by Gasteiger charge is 2.46. The lowest BCUT2D eigenvalue weighted by atomic mass is 9.95. The number of ether oxygens (including phenoxy) is 1. The maximum atomic E-state index is 11.9. The van der Waals surface area contributed by atoms with Gasteiger partial charge in [0.1, 0.15) is 6.10 Å². The van der Waals surface area contributed by atoms with Crippen LogP contribution in [0, 0.1) is 5.92 Å². The first-order chi connectivity index (χ1) is 13.9. The Bertz CT molecular complexity index is 1070. The Hall–Kier alpha value is -1.71. The minimum atomic E-state index is -5.31. The number of aliphatic hydroxyl groups excluding tert-OH is 2. The Morgan fingerprint density at radius 3 is 2.67 bits per heavy atom. The van der Waals surface area contributed by atoms with Crippen molar-refractivity contribution in [3.05, 3.63) is 16.7 Å². The Balaban J connectivity index is 1.85. The molecule has 5 atom stereocenters. The zero-order valence-electron chi connectivity index (χ0n) is 15.0. The number of nitrogens with one attached hydrogen (secondary N) is 1. The molecule has 0 saturated carbocycles. The van der Waals surface area contributed by atoms with Crippen LogP contribution in [0.4, 0.5) is 5.95 Å². The lowest BCUT2D eigenvalue weighted by Gasteiger charge is -2.20. The number of aliphatic hydroxyl groups is 2. The SMILES string of the molecule is Nc1nc2c(ncn2[C@@H]2O[C@H](COP(=O)(O)OP(=O)(O)O)[C@@H](CCO)[C@H]2O)c(=O)[nH]1. The van der Waals surface area contributed by atoms with E-state index < -0.39 is 52.2 Å². The molecule has 0 amide bonds. The van der Waals surface area contributed by atoms with Crippen molar-refractivity contribution >= 4 is 32.8 Å².